The van der Waals surface area contributed by atoms with E-state index >= 15 is 0 Å². The number of carbonyl (C=O) groups is 1. The molecule has 0 rings (SSSR count). The SMILES string of the molecule is CCCCCCCCCCCCCC(C)C(N)=O. The van der Waals surface area contributed by atoms with Gasteiger partial charge in [-0.25, -0.2) is 0 Å². The van der Waals surface area contributed by atoms with Crippen LogP contribution in [0.1, 0.15) is 90.9 Å². The van der Waals surface area contributed by atoms with Gasteiger partial charge in [0.25, 0.3) is 0 Å². The van der Waals surface area contributed by atoms with Crippen LogP contribution in [0.2, 0.25) is 0 Å². The largest absolute Gasteiger partial charge is 0.369 e. The maximum absolute atomic E-state index is 10.8. The number of rotatable bonds is 13. The topological polar surface area (TPSA) is 43.1 Å². The fraction of sp³-hybridized carbons (Fsp3) is 0.938. The predicted octanol–water partition coefficient (Wildman–Crippen LogP) is 4.81. The van der Waals surface area contributed by atoms with E-state index in [4.69, 9.17) is 5.73 Å². The van der Waals surface area contributed by atoms with Crippen molar-refractivity contribution < 1.29 is 4.79 Å². The van der Waals surface area contributed by atoms with Crippen molar-refractivity contribution in [3.63, 3.8) is 0 Å². The van der Waals surface area contributed by atoms with E-state index in [9.17, 15) is 4.79 Å². The Balaban J connectivity index is 3.05. The molecule has 0 aliphatic carbocycles. The number of amides is 1. The molecule has 0 saturated heterocycles. The zero-order valence-electron chi connectivity index (χ0n) is 12.5. The Kier molecular flexibility index (Phi) is 12.5. The van der Waals surface area contributed by atoms with E-state index in [2.05, 4.69) is 6.92 Å². The van der Waals surface area contributed by atoms with Crippen LogP contribution in [0.25, 0.3) is 0 Å². The molecule has 1 atom stereocenters. The summed E-state index contributed by atoms with van der Waals surface area (Å²) < 4.78 is 0. The van der Waals surface area contributed by atoms with Gasteiger partial charge in [-0.15, -0.1) is 0 Å². The second-order valence-corrected chi connectivity index (χ2v) is 5.63. The van der Waals surface area contributed by atoms with Gasteiger partial charge in [0.1, 0.15) is 0 Å². The maximum Gasteiger partial charge on any atom is 0.220 e. The molecule has 1 unspecified atom stereocenters. The molecule has 0 bridgehead atoms. The molecule has 0 fully saturated rings. The Labute approximate surface area is 114 Å². The minimum atomic E-state index is -0.151. The van der Waals surface area contributed by atoms with Crippen LogP contribution in [-0.4, -0.2) is 5.91 Å². The molecule has 0 aromatic rings. The number of hydrogen-bond donors (Lipinski definition) is 1. The Morgan fingerprint density at radius 3 is 1.61 bits per heavy atom. The van der Waals surface area contributed by atoms with Gasteiger partial charge in [0.15, 0.2) is 0 Å². The molecule has 0 spiro atoms. The number of primary amides is 1. The first-order valence-corrected chi connectivity index (χ1v) is 7.97. The van der Waals surface area contributed by atoms with Crippen molar-refractivity contribution in [2.75, 3.05) is 0 Å². The van der Waals surface area contributed by atoms with Crippen molar-refractivity contribution in [2.45, 2.75) is 90.9 Å². The Bertz CT molecular complexity index is 192. The summed E-state index contributed by atoms with van der Waals surface area (Å²) >= 11 is 0. The van der Waals surface area contributed by atoms with Gasteiger partial charge in [0, 0.05) is 5.92 Å². The molecule has 2 N–H and O–H groups in total. The van der Waals surface area contributed by atoms with Gasteiger partial charge in [-0.3, -0.25) is 4.79 Å². The monoisotopic (exact) mass is 255 g/mol. The molecule has 0 aromatic heterocycles. The van der Waals surface area contributed by atoms with Crippen LogP contribution >= 0.6 is 0 Å². The minimum Gasteiger partial charge on any atom is -0.369 e. The van der Waals surface area contributed by atoms with E-state index < -0.39 is 0 Å². The van der Waals surface area contributed by atoms with Crippen molar-refractivity contribution >= 4 is 5.91 Å². The molecule has 0 heterocycles. The first kappa shape index (κ1) is 17.5. The van der Waals surface area contributed by atoms with E-state index in [0.717, 1.165) is 12.8 Å². The van der Waals surface area contributed by atoms with Crippen LogP contribution in [0.3, 0.4) is 0 Å². The molecule has 1 amide bonds. The van der Waals surface area contributed by atoms with Crippen molar-refractivity contribution in [3.05, 3.63) is 0 Å². The van der Waals surface area contributed by atoms with Crippen LogP contribution in [0, 0.1) is 5.92 Å². The van der Waals surface area contributed by atoms with Gasteiger partial charge in [0.05, 0.1) is 0 Å². The van der Waals surface area contributed by atoms with Crippen molar-refractivity contribution in [1.82, 2.24) is 0 Å². The summed E-state index contributed by atoms with van der Waals surface area (Å²) in [7, 11) is 0. The number of carbonyl (C=O) groups excluding carboxylic acids is 1. The van der Waals surface area contributed by atoms with Crippen LogP contribution in [0.4, 0.5) is 0 Å². The first-order chi connectivity index (χ1) is 8.68. The minimum absolute atomic E-state index is 0.0589. The third-order valence-electron chi connectivity index (χ3n) is 3.73. The van der Waals surface area contributed by atoms with Crippen molar-refractivity contribution in [1.29, 1.82) is 0 Å². The highest BCUT2D eigenvalue weighted by molar-refractivity contribution is 5.76. The second kappa shape index (κ2) is 12.9. The average molecular weight is 255 g/mol. The van der Waals surface area contributed by atoms with Gasteiger partial charge in [-0.2, -0.15) is 0 Å². The van der Waals surface area contributed by atoms with Crippen molar-refractivity contribution in [3.8, 4) is 0 Å². The lowest BCUT2D eigenvalue weighted by atomic mass is 10.0. The molecule has 0 aliphatic rings. The van der Waals surface area contributed by atoms with Crippen LogP contribution in [0.5, 0.6) is 0 Å². The van der Waals surface area contributed by atoms with E-state index in [-0.39, 0.29) is 11.8 Å². The fourth-order valence-electron chi connectivity index (χ4n) is 2.26. The standard InChI is InChI=1S/C16H33NO/c1-3-4-5-6-7-8-9-10-11-12-13-14-15(2)16(17)18/h15H,3-14H2,1-2H3,(H2,17,18). The molecule has 108 valence electrons. The fourth-order valence-corrected chi connectivity index (χ4v) is 2.26. The third-order valence-corrected chi connectivity index (χ3v) is 3.73. The van der Waals surface area contributed by atoms with Gasteiger partial charge < -0.3 is 5.73 Å². The zero-order valence-corrected chi connectivity index (χ0v) is 12.5. The number of hydrogen-bond acceptors (Lipinski definition) is 1. The molecular formula is C16H33NO. The van der Waals surface area contributed by atoms with Gasteiger partial charge >= 0.3 is 0 Å². The predicted molar refractivity (Wildman–Crippen MR) is 79.4 cm³/mol. The van der Waals surface area contributed by atoms with Crippen LogP contribution < -0.4 is 5.73 Å². The lowest BCUT2D eigenvalue weighted by molar-refractivity contribution is -0.121. The second-order valence-electron chi connectivity index (χ2n) is 5.63. The molecule has 2 heteroatoms. The van der Waals surface area contributed by atoms with E-state index in [1.165, 1.54) is 64.2 Å². The Morgan fingerprint density at radius 2 is 1.22 bits per heavy atom. The zero-order chi connectivity index (χ0) is 13.6. The lowest BCUT2D eigenvalue weighted by Gasteiger charge is -2.06. The maximum atomic E-state index is 10.8. The molecule has 18 heavy (non-hydrogen) atoms. The Morgan fingerprint density at radius 1 is 0.833 bits per heavy atom. The highest BCUT2D eigenvalue weighted by atomic mass is 16.1. The molecule has 2 nitrogen and oxygen atoms in total. The summed E-state index contributed by atoms with van der Waals surface area (Å²) in [5.41, 5.74) is 5.23. The van der Waals surface area contributed by atoms with E-state index in [1.807, 2.05) is 6.92 Å². The third kappa shape index (κ3) is 11.9. The first-order valence-electron chi connectivity index (χ1n) is 7.97. The summed E-state index contributed by atoms with van der Waals surface area (Å²) in [6.07, 6.45) is 15.8. The lowest BCUT2D eigenvalue weighted by Crippen LogP contribution is -2.20. The molecular weight excluding hydrogens is 222 g/mol. The number of nitrogens with two attached hydrogens (primary N) is 1. The summed E-state index contributed by atoms with van der Waals surface area (Å²) in [6.45, 7) is 4.19. The highest BCUT2D eigenvalue weighted by Gasteiger charge is 2.06. The summed E-state index contributed by atoms with van der Waals surface area (Å²) in [6, 6.07) is 0. The van der Waals surface area contributed by atoms with E-state index in [0.29, 0.717) is 0 Å². The van der Waals surface area contributed by atoms with Gasteiger partial charge in [0.2, 0.25) is 5.91 Å². The summed E-state index contributed by atoms with van der Waals surface area (Å²) in [5, 5.41) is 0. The van der Waals surface area contributed by atoms with Gasteiger partial charge in [-0.05, 0) is 6.42 Å². The molecule has 0 aromatic carbocycles. The highest BCUT2D eigenvalue weighted by Crippen LogP contribution is 2.13. The van der Waals surface area contributed by atoms with Crippen molar-refractivity contribution in [2.24, 2.45) is 11.7 Å². The quantitative estimate of drug-likeness (QED) is 0.472. The molecule has 0 radical (unpaired) electrons. The molecule has 0 aliphatic heterocycles. The van der Waals surface area contributed by atoms with Gasteiger partial charge in [-0.1, -0.05) is 84.5 Å². The molecule has 0 saturated carbocycles. The van der Waals surface area contributed by atoms with E-state index in [1.54, 1.807) is 0 Å². The van der Waals surface area contributed by atoms with Crippen LogP contribution in [0.15, 0.2) is 0 Å². The number of unbranched alkanes of at least 4 members (excludes halogenated alkanes) is 10. The average Bonchev–Trinajstić information content (AvgIpc) is 2.35. The van der Waals surface area contributed by atoms with Crippen LogP contribution in [-0.2, 0) is 4.79 Å². The summed E-state index contributed by atoms with van der Waals surface area (Å²) in [5.74, 6) is -0.0920. The smallest absolute Gasteiger partial charge is 0.220 e. The summed E-state index contributed by atoms with van der Waals surface area (Å²) in [4.78, 5) is 10.8. The Hall–Kier alpha value is -0.530. The normalized spacial score (nSPS) is 12.6.